The number of benzene rings is 1. The van der Waals surface area contributed by atoms with Crippen molar-refractivity contribution in [2.24, 2.45) is 5.92 Å². The lowest BCUT2D eigenvalue weighted by Gasteiger charge is -2.43. The Hall–Kier alpha value is -2.82. The Bertz CT molecular complexity index is 954. The van der Waals surface area contributed by atoms with Gasteiger partial charge in [-0.3, -0.25) is 9.47 Å². The van der Waals surface area contributed by atoms with Gasteiger partial charge in [-0.2, -0.15) is 0 Å². The van der Waals surface area contributed by atoms with Gasteiger partial charge in [0, 0.05) is 18.1 Å². The Morgan fingerprint density at radius 2 is 1.94 bits per heavy atom. The van der Waals surface area contributed by atoms with Crippen LogP contribution in [0.1, 0.15) is 38.3 Å². The summed E-state index contributed by atoms with van der Waals surface area (Å²) in [4.78, 5) is 16.6. The molecule has 31 heavy (non-hydrogen) atoms. The molecule has 4 rings (SSSR count). The number of likely N-dealkylation sites (tertiary alicyclic amines) is 1. The molecule has 1 aromatic carbocycles. The predicted octanol–water partition coefficient (Wildman–Crippen LogP) is 4.31. The highest BCUT2D eigenvalue weighted by molar-refractivity contribution is 5.28. The number of piperidine rings is 1. The molecule has 2 unspecified atom stereocenters. The number of ether oxygens (including phenoxy) is 2. The van der Waals surface area contributed by atoms with Crippen LogP contribution in [-0.4, -0.2) is 44.6 Å². The molecule has 168 valence electrons. The van der Waals surface area contributed by atoms with Gasteiger partial charge in [-0.1, -0.05) is 12.1 Å². The first-order valence-corrected chi connectivity index (χ1v) is 10.1. The van der Waals surface area contributed by atoms with Crippen molar-refractivity contribution in [2.75, 3.05) is 13.1 Å². The number of aromatic nitrogens is 2. The van der Waals surface area contributed by atoms with E-state index >= 15 is 0 Å². The standard InChI is InChI=1S/C20H23F3N4O4/c1-13-19(2,31-18-24-17(27(28)29)12-26(13)18)25-9-7-15(8-10-25)11-14-3-5-16(6-4-14)30-20(21,22)23/h3-6,12-13,15H,7-11H2,1-2H3. The van der Waals surface area contributed by atoms with E-state index in [4.69, 9.17) is 4.74 Å². The maximum Gasteiger partial charge on any atom is 0.573 e. The summed E-state index contributed by atoms with van der Waals surface area (Å²) in [6.45, 7) is 5.50. The number of halogens is 3. The summed E-state index contributed by atoms with van der Waals surface area (Å²) in [6.07, 6.45) is -0.680. The average molecular weight is 440 g/mol. The van der Waals surface area contributed by atoms with Gasteiger partial charge in [-0.05, 0) is 61.6 Å². The zero-order valence-corrected chi connectivity index (χ0v) is 17.1. The monoisotopic (exact) mass is 440 g/mol. The van der Waals surface area contributed by atoms with Crippen LogP contribution >= 0.6 is 0 Å². The van der Waals surface area contributed by atoms with Crippen LogP contribution in [0.15, 0.2) is 30.5 Å². The summed E-state index contributed by atoms with van der Waals surface area (Å²) in [5.41, 5.74) is 0.330. The SMILES string of the molecule is CC1n2cc([N+](=O)[O-])nc2OC1(C)N1CCC(Cc2ccc(OC(F)(F)F)cc2)CC1. The summed E-state index contributed by atoms with van der Waals surface area (Å²) in [7, 11) is 0. The molecule has 0 N–H and O–H groups in total. The summed E-state index contributed by atoms with van der Waals surface area (Å²) in [5.74, 6) is -0.0394. The van der Waals surface area contributed by atoms with Crippen LogP contribution in [0.4, 0.5) is 19.0 Å². The van der Waals surface area contributed by atoms with E-state index in [1.165, 1.54) is 18.3 Å². The molecule has 0 saturated carbocycles. The molecule has 2 atom stereocenters. The third-order valence-electron chi connectivity index (χ3n) is 6.29. The van der Waals surface area contributed by atoms with Gasteiger partial charge in [0.25, 0.3) is 0 Å². The van der Waals surface area contributed by atoms with E-state index in [1.807, 2.05) is 13.8 Å². The van der Waals surface area contributed by atoms with Crippen LogP contribution < -0.4 is 9.47 Å². The fraction of sp³-hybridized carbons (Fsp3) is 0.550. The fourth-order valence-electron chi connectivity index (χ4n) is 4.40. The highest BCUT2D eigenvalue weighted by Crippen LogP contribution is 2.43. The number of hydrogen-bond acceptors (Lipinski definition) is 6. The third-order valence-corrected chi connectivity index (χ3v) is 6.29. The van der Waals surface area contributed by atoms with E-state index < -0.39 is 17.0 Å². The Morgan fingerprint density at radius 3 is 2.48 bits per heavy atom. The van der Waals surface area contributed by atoms with Crippen molar-refractivity contribution < 1.29 is 27.6 Å². The van der Waals surface area contributed by atoms with E-state index in [0.29, 0.717) is 5.92 Å². The molecule has 1 fully saturated rings. The van der Waals surface area contributed by atoms with Crippen molar-refractivity contribution in [3.05, 3.63) is 46.1 Å². The Labute approximate surface area is 176 Å². The molecule has 0 aliphatic carbocycles. The first kappa shape index (κ1) is 21.4. The van der Waals surface area contributed by atoms with Gasteiger partial charge in [-0.25, -0.2) is 0 Å². The Kier molecular flexibility index (Phi) is 5.32. The number of fused-ring (bicyclic) bond motifs is 1. The van der Waals surface area contributed by atoms with Crippen molar-refractivity contribution in [1.82, 2.24) is 14.5 Å². The predicted molar refractivity (Wildman–Crippen MR) is 104 cm³/mol. The topological polar surface area (TPSA) is 82.7 Å². The minimum absolute atomic E-state index is 0.138. The van der Waals surface area contributed by atoms with E-state index in [9.17, 15) is 23.3 Å². The lowest BCUT2D eigenvalue weighted by Crippen LogP contribution is -2.55. The molecule has 0 spiro atoms. The molecular weight excluding hydrogens is 417 g/mol. The van der Waals surface area contributed by atoms with E-state index in [1.54, 1.807) is 16.7 Å². The number of nitrogens with zero attached hydrogens (tertiary/aromatic N) is 4. The molecule has 2 aliphatic heterocycles. The van der Waals surface area contributed by atoms with Crippen LogP contribution in [0.25, 0.3) is 0 Å². The van der Waals surface area contributed by atoms with Crippen molar-refractivity contribution in [3.8, 4) is 11.8 Å². The highest BCUT2D eigenvalue weighted by atomic mass is 19.4. The number of hydrogen-bond donors (Lipinski definition) is 0. The lowest BCUT2D eigenvalue weighted by atomic mass is 9.88. The van der Waals surface area contributed by atoms with Gasteiger partial charge in [-0.15, -0.1) is 13.2 Å². The lowest BCUT2D eigenvalue weighted by molar-refractivity contribution is -0.389. The second-order valence-electron chi connectivity index (χ2n) is 8.21. The average Bonchev–Trinajstić information content (AvgIpc) is 3.21. The van der Waals surface area contributed by atoms with Crippen LogP contribution in [0.3, 0.4) is 0 Å². The van der Waals surface area contributed by atoms with Crippen molar-refractivity contribution in [2.45, 2.75) is 51.2 Å². The molecule has 1 aromatic heterocycles. The number of imidazole rings is 1. The maximum atomic E-state index is 12.3. The molecule has 3 heterocycles. The highest BCUT2D eigenvalue weighted by Gasteiger charge is 2.50. The van der Waals surface area contributed by atoms with Crippen molar-refractivity contribution in [3.63, 3.8) is 0 Å². The van der Waals surface area contributed by atoms with Crippen LogP contribution in [-0.2, 0) is 6.42 Å². The van der Waals surface area contributed by atoms with Crippen LogP contribution in [0.5, 0.6) is 11.8 Å². The summed E-state index contributed by atoms with van der Waals surface area (Å²) in [5, 5.41) is 10.9. The van der Waals surface area contributed by atoms with Gasteiger partial charge in [0.05, 0.1) is 6.04 Å². The fourth-order valence-corrected chi connectivity index (χ4v) is 4.40. The van der Waals surface area contributed by atoms with Gasteiger partial charge in [0.15, 0.2) is 5.72 Å². The van der Waals surface area contributed by atoms with Gasteiger partial charge in [0.2, 0.25) is 0 Å². The quantitative estimate of drug-likeness (QED) is 0.509. The molecule has 2 aliphatic rings. The zero-order valence-electron chi connectivity index (χ0n) is 17.1. The first-order chi connectivity index (χ1) is 14.5. The van der Waals surface area contributed by atoms with E-state index in [0.717, 1.165) is 37.9 Å². The number of rotatable bonds is 5. The minimum Gasteiger partial charge on any atom is -0.422 e. The normalized spacial score (nSPS) is 24.6. The molecule has 0 bridgehead atoms. The summed E-state index contributed by atoms with van der Waals surface area (Å²) >= 11 is 0. The van der Waals surface area contributed by atoms with Crippen molar-refractivity contribution in [1.29, 1.82) is 0 Å². The molecule has 0 amide bonds. The smallest absolute Gasteiger partial charge is 0.422 e. The molecule has 8 nitrogen and oxygen atoms in total. The Morgan fingerprint density at radius 1 is 1.29 bits per heavy atom. The van der Waals surface area contributed by atoms with Crippen LogP contribution in [0, 0.1) is 16.0 Å². The van der Waals surface area contributed by atoms with Crippen LogP contribution in [0.2, 0.25) is 0 Å². The summed E-state index contributed by atoms with van der Waals surface area (Å²) < 4.78 is 48.5. The molecule has 11 heteroatoms. The second kappa shape index (κ2) is 7.70. The first-order valence-electron chi connectivity index (χ1n) is 10.1. The zero-order chi connectivity index (χ0) is 22.4. The van der Waals surface area contributed by atoms with E-state index in [-0.39, 0.29) is 23.6 Å². The third kappa shape index (κ3) is 4.32. The Balaban J connectivity index is 1.33. The second-order valence-corrected chi connectivity index (χ2v) is 8.21. The molecule has 1 saturated heterocycles. The maximum absolute atomic E-state index is 12.3. The van der Waals surface area contributed by atoms with Gasteiger partial charge in [0.1, 0.15) is 11.9 Å². The number of nitro groups is 1. The van der Waals surface area contributed by atoms with Gasteiger partial charge >= 0.3 is 18.2 Å². The van der Waals surface area contributed by atoms with Gasteiger partial charge < -0.3 is 19.6 Å². The summed E-state index contributed by atoms with van der Waals surface area (Å²) in [6, 6.07) is 6.14. The van der Waals surface area contributed by atoms with Crippen molar-refractivity contribution >= 4 is 5.82 Å². The molecule has 2 aromatic rings. The number of alkyl halides is 3. The molecule has 0 radical (unpaired) electrons. The minimum atomic E-state index is -4.69. The van der Waals surface area contributed by atoms with E-state index in [2.05, 4.69) is 14.6 Å². The largest absolute Gasteiger partial charge is 0.573 e. The molecular formula is C20H23F3N4O4.